The molecule has 44 valence electrons. The first kappa shape index (κ1) is 3.85. The van der Waals surface area contributed by atoms with E-state index in [0.29, 0.717) is 17.6 Å². The maximum atomic E-state index is 5.47. The van der Waals surface area contributed by atoms with Crippen LogP contribution in [-0.2, 0) is 4.74 Å². The van der Waals surface area contributed by atoms with E-state index in [1.165, 1.54) is 13.0 Å². The van der Waals surface area contributed by atoms with Crippen molar-refractivity contribution in [3.05, 3.63) is 0 Å². The number of rotatable bonds is 0. The Morgan fingerprint density at radius 1 is 1.50 bits per heavy atom. The van der Waals surface area contributed by atoms with Crippen LogP contribution >= 0.6 is 0 Å². The summed E-state index contributed by atoms with van der Waals surface area (Å²) in [7, 11) is 0. The van der Waals surface area contributed by atoms with E-state index in [0.717, 1.165) is 6.54 Å². The van der Waals surface area contributed by atoms with E-state index in [2.05, 4.69) is 5.32 Å². The summed E-state index contributed by atoms with van der Waals surface area (Å²) in [6.07, 6.45) is 2.61. The van der Waals surface area contributed by atoms with Crippen molar-refractivity contribution in [3.63, 3.8) is 0 Å². The number of ether oxygens (including phenoxy) is 1. The van der Waals surface area contributed by atoms with Gasteiger partial charge in [-0.15, -0.1) is 0 Å². The summed E-state index contributed by atoms with van der Waals surface area (Å²) in [5, 5.41) is 3.34. The Morgan fingerprint density at radius 3 is 3.00 bits per heavy atom. The van der Waals surface area contributed by atoms with Crippen molar-refractivity contribution in [1.29, 1.82) is 0 Å². The SMILES string of the molecule is C1NCC23CC2OC13. The van der Waals surface area contributed by atoms with Gasteiger partial charge in [0, 0.05) is 18.5 Å². The van der Waals surface area contributed by atoms with Crippen molar-refractivity contribution in [2.75, 3.05) is 13.1 Å². The minimum absolute atomic E-state index is 0.604. The number of nitrogens with one attached hydrogen (secondary N) is 1. The molecule has 0 aromatic heterocycles. The van der Waals surface area contributed by atoms with Crippen molar-refractivity contribution in [1.82, 2.24) is 5.32 Å². The van der Waals surface area contributed by atoms with E-state index in [4.69, 9.17) is 4.74 Å². The predicted molar refractivity (Wildman–Crippen MR) is 28.6 cm³/mol. The molecule has 0 aromatic rings. The first-order valence-electron chi connectivity index (χ1n) is 3.28. The first-order valence-corrected chi connectivity index (χ1v) is 3.28. The minimum atomic E-state index is 0.604. The highest BCUT2D eigenvalue weighted by Gasteiger charge is 2.71. The summed E-state index contributed by atoms with van der Waals surface area (Å²) < 4.78 is 5.47. The minimum Gasteiger partial charge on any atom is -0.372 e. The van der Waals surface area contributed by atoms with Gasteiger partial charge in [0.05, 0.1) is 12.2 Å². The Hall–Kier alpha value is -0.0800. The van der Waals surface area contributed by atoms with E-state index < -0.39 is 0 Å². The smallest absolute Gasteiger partial charge is 0.0797 e. The van der Waals surface area contributed by atoms with Crippen LogP contribution in [0.1, 0.15) is 6.42 Å². The maximum absolute atomic E-state index is 5.47. The summed E-state index contributed by atoms with van der Waals surface area (Å²) >= 11 is 0. The van der Waals surface area contributed by atoms with Crippen LogP contribution in [0, 0.1) is 5.41 Å². The maximum Gasteiger partial charge on any atom is 0.0797 e. The lowest BCUT2D eigenvalue weighted by molar-refractivity contribution is -0.0859. The second-order valence-electron chi connectivity index (χ2n) is 3.18. The van der Waals surface area contributed by atoms with Gasteiger partial charge in [-0.1, -0.05) is 0 Å². The van der Waals surface area contributed by atoms with Gasteiger partial charge in [0.2, 0.25) is 0 Å². The van der Waals surface area contributed by atoms with Gasteiger partial charge in [0.25, 0.3) is 0 Å². The zero-order valence-electron chi connectivity index (χ0n) is 4.68. The Morgan fingerprint density at radius 2 is 2.50 bits per heavy atom. The average Bonchev–Trinajstić information content (AvgIpc) is 1.98. The molecule has 2 aliphatic heterocycles. The van der Waals surface area contributed by atoms with E-state index in [9.17, 15) is 0 Å². The fourth-order valence-corrected chi connectivity index (χ4v) is 2.06. The Kier molecular flexibility index (Phi) is 0.408. The molecule has 3 aliphatic rings. The van der Waals surface area contributed by atoms with Gasteiger partial charge >= 0.3 is 0 Å². The highest BCUT2D eigenvalue weighted by Crippen LogP contribution is 2.62. The van der Waals surface area contributed by atoms with Crippen molar-refractivity contribution < 1.29 is 4.74 Å². The van der Waals surface area contributed by atoms with Crippen molar-refractivity contribution in [2.45, 2.75) is 18.6 Å². The molecule has 1 saturated carbocycles. The average molecular weight is 111 g/mol. The molecular formula is C6H9NO. The quantitative estimate of drug-likeness (QED) is 0.465. The van der Waals surface area contributed by atoms with E-state index >= 15 is 0 Å². The highest BCUT2D eigenvalue weighted by molar-refractivity contribution is 5.21. The van der Waals surface area contributed by atoms with Crippen LogP contribution < -0.4 is 5.32 Å². The molecule has 3 rings (SSSR count). The van der Waals surface area contributed by atoms with E-state index in [-0.39, 0.29) is 0 Å². The molecule has 1 spiro atoms. The lowest BCUT2D eigenvalue weighted by Crippen LogP contribution is -2.38. The van der Waals surface area contributed by atoms with Gasteiger partial charge in [-0.2, -0.15) is 0 Å². The third kappa shape index (κ3) is 0.213. The topological polar surface area (TPSA) is 21.3 Å². The monoisotopic (exact) mass is 111 g/mol. The van der Waals surface area contributed by atoms with Crippen LogP contribution in [0.15, 0.2) is 0 Å². The summed E-state index contributed by atoms with van der Waals surface area (Å²) in [5.41, 5.74) is 0.667. The standard InChI is InChI=1S/C6H9NO/c1-4-6(1)3-7-2-5(6)8-4/h4-5,7H,1-3H2. The molecule has 0 amide bonds. The molecule has 0 radical (unpaired) electrons. The zero-order valence-corrected chi connectivity index (χ0v) is 4.68. The van der Waals surface area contributed by atoms with Gasteiger partial charge in [0.1, 0.15) is 0 Å². The molecule has 2 heteroatoms. The molecule has 1 aliphatic carbocycles. The van der Waals surface area contributed by atoms with E-state index in [1.54, 1.807) is 0 Å². The van der Waals surface area contributed by atoms with Gasteiger partial charge in [-0.25, -0.2) is 0 Å². The van der Waals surface area contributed by atoms with Crippen LogP contribution in [-0.4, -0.2) is 25.3 Å². The molecule has 0 aromatic carbocycles. The number of hydrogen-bond acceptors (Lipinski definition) is 2. The zero-order chi connectivity index (χ0) is 5.19. The van der Waals surface area contributed by atoms with Crippen LogP contribution in [0.25, 0.3) is 0 Å². The van der Waals surface area contributed by atoms with E-state index in [1.807, 2.05) is 0 Å². The third-order valence-electron chi connectivity index (χ3n) is 2.80. The fraction of sp³-hybridized carbons (Fsp3) is 1.00. The molecule has 1 N–H and O–H groups in total. The Labute approximate surface area is 48.2 Å². The normalized spacial score (nSPS) is 66.0. The summed E-state index contributed by atoms with van der Waals surface area (Å²) in [4.78, 5) is 0. The molecule has 0 bridgehead atoms. The van der Waals surface area contributed by atoms with Crippen molar-refractivity contribution in [2.24, 2.45) is 5.41 Å². The highest BCUT2D eigenvalue weighted by atomic mass is 16.5. The summed E-state index contributed by atoms with van der Waals surface area (Å²) in [5.74, 6) is 0. The van der Waals surface area contributed by atoms with Crippen LogP contribution in [0.2, 0.25) is 0 Å². The van der Waals surface area contributed by atoms with Gasteiger partial charge < -0.3 is 10.1 Å². The summed E-state index contributed by atoms with van der Waals surface area (Å²) in [6.45, 7) is 2.33. The molecule has 2 nitrogen and oxygen atoms in total. The van der Waals surface area contributed by atoms with Crippen molar-refractivity contribution >= 4 is 0 Å². The molecular weight excluding hydrogens is 102 g/mol. The van der Waals surface area contributed by atoms with Gasteiger partial charge in [-0.05, 0) is 6.42 Å². The second-order valence-corrected chi connectivity index (χ2v) is 3.18. The second kappa shape index (κ2) is 0.847. The van der Waals surface area contributed by atoms with Gasteiger partial charge in [0.15, 0.2) is 0 Å². The van der Waals surface area contributed by atoms with Gasteiger partial charge in [-0.3, -0.25) is 0 Å². The summed E-state index contributed by atoms with van der Waals surface area (Å²) in [6, 6.07) is 0. The Bertz CT molecular complexity index is 143. The lowest BCUT2D eigenvalue weighted by Gasteiger charge is -2.28. The molecule has 2 heterocycles. The molecule has 3 unspecified atom stereocenters. The molecule has 3 atom stereocenters. The van der Waals surface area contributed by atoms with Crippen LogP contribution in [0.5, 0.6) is 0 Å². The first-order chi connectivity index (χ1) is 3.92. The molecule has 3 fully saturated rings. The number of hydrogen-bond donors (Lipinski definition) is 1. The lowest BCUT2D eigenvalue weighted by atomic mass is 9.99. The Balaban J connectivity index is 2.01. The van der Waals surface area contributed by atoms with Crippen LogP contribution in [0.3, 0.4) is 0 Å². The molecule has 8 heavy (non-hydrogen) atoms. The molecule has 2 saturated heterocycles. The van der Waals surface area contributed by atoms with Crippen LogP contribution in [0.4, 0.5) is 0 Å². The largest absolute Gasteiger partial charge is 0.372 e. The third-order valence-corrected chi connectivity index (χ3v) is 2.80. The van der Waals surface area contributed by atoms with Crippen molar-refractivity contribution in [3.8, 4) is 0 Å². The fourth-order valence-electron chi connectivity index (χ4n) is 2.06. The predicted octanol–water partition coefficient (Wildman–Crippen LogP) is -0.253.